The average Bonchev–Trinajstić information content (AvgIpc) is 2.79. The van der Waals surface area contributed by atoms with Gasteiger partial charge >= 0.3 is 0 Å². The summed E-state index contributed by atoms with van der Waals surface area (Å²) in [7, 11) is 0. The fourth-order valence-corrected chi connectivity index (χ4v) is 2.73. The molecule has 4 heteroatoms. The Morgan fingerprint density at radius 1 is 1.35 bits per heavy atom. The lowest BCUT2D eigenvalue weighted by Gasteiger charge is -2.27. The van der Waals surface area contributed by atoms with Crippen LogP contribution in [-0.4, -0.2) is 50.1 Å². The van der Waals surface area contributed by atoms with Gasteiger partial charge in [0.05, 0.1) is 5.41 Å². The summed E-state index contributed by atoms with van der Waals surface area (Å²) in [5.74, 6) is 0.222. The number of hydrogen-bond donors (Lipinski definition) is 2. The highest BCUT2D eigenvalue weighted by Crippen LogP contribution is 2.24. The summed E-state index contributed by atoms with van der Waals surface area (Å²) in [5.41, 5.74) is -0.179. The van der Waals surface area contributed by atoms with Crippen LogP contribution >= 0.6 is 0 Å². The molecular weight excluding hydrogens is 214 g/mol. The van der Waals surface area contributed by atoms with Crippen LogP contribution in [0, 0.1) is 5.41 Å². The molecule has 2 N–H and O–H groups in total. The maximum atomic E-state index is 12.0. The Bertz CT molecular complexity index is 255. The van der Waals surface area contributed by atoms with Crippen LogP contribution in [0.4, 0.5) is 0 Å². The van der Waals surface area contributed by atoms with E-state index in [-0.39, 0.29) is 11.3 Å². The predicted octanol–water partition coefficient (Wildman–Crippen LogP) is 0.588. The molecule has 2 aliphatic rings. The van der Waals surface area contributed by atoms with Gasteiger partial charge < -0.3 is 15.5 Å². The number of carbonyl (C=O) groups excluding carboxylic acids is 1. The van der Waals surface area contributed by atoms with Crippen molar-refractivity contribution in [2.75, 3.05) is 39.3 Å². The van der Waals surface area contributed by atoms with Gasteiger partial charge in [0.25, 0.3) is 0 Å². The second-order valence-electron chi connectivity index (χ2n) is 5.65. The van der Waals surface area contributed by atoms with Gasteiger partial charge in [-0.25, -0.2) is 0 Å². The SMILES string of the molecule is CC1(C(=O)NCCN2CCCCC2)CCNC1. The molecule has 0 aromatic carbocycles. The highest BCUT2D eigenvalue weighted by Gasteiger charge is 2.35. The highest BCUT2D eigenvalue weighted by molar-refractivity contribution is 5.82. The number of rotatable bonds is 4. The van der Waals surface area contributed by atoms with E-state index in [0.29, 0.717) is 0 Å². The van der Waals surface area contributed by atoms with Crippen LogP contribution in [0.3, 0.4) is 0 Å². The van der Waals surface area contributed by atoms with Crippen LogP contribution in [-0.2, 0) is 4.79 Å². The fraction of sp³-hybridized carbons (Fsp3) is 0.923. The van der Waals surface area contributed by atoms with Crippen molar-refractivity contribution in [3.05, 3.63) is 0 Å². The Morgan fingerprint density at radius 3 is 2.76 bits per heavy atom. The summed E-state index contributed by atoms with van der Waals surface area (Å²) in [6, 6.07) is 0. The first kappa shape index (κ1) is 12.8. The maximum absolute atomic E-state index is 12.0. The standard InChI is InChI=1S/C13H25N3O/c1-13(5-6-14-11-13)12(17)15-7-10-16-8-3-2-4-9-16/h14H,2-11H2,1H3,(H,15,17). The minimum absolute atomic E-state index is 0.179. The Labute approximate surface area is 104 Å². The van der Waals surface area contributed by atoms with E-state index in [4.69, 9.17) is 0 Å². The highest BCUT2D eigenvalue weighted by atomic mass is 16.2. The molecule has 0 spiro atoms. The van der Waals surface area contributed by atoms with Gasteiger partial charge in [-0.3, -0.25) is 4.79 Å². The van der Waals surface area contributed by atoms with Gasteiger partial charge in [-0.05, 0) is 45.8 Å². The molecule has 1 unspecified atom stereocenters. The fourth-order valence-electron chi connectivity index (χ4n) is 2.73. The molecule has 0 saturated carbocycles. The molecule has 2 saturated heterocycles. The smallest absolute Gasteiger partial charge is 0.227 e. The lowest BCUT2D eigenvalue weighted by Crippen LogP contribution is -2.44. The monoisotopic (exact) mass is 239 g/mol. The molecule has 2 rings (SSSR count). The third-order valence-corrected chi connectivity index (χ3v) is 4.08. The second kappa shape index (κ2) is 5.83. The molecule has 1 atom stereocenters. The van der Waals surface area contributed by atoms with Gasteiger partial charge in [0.1, 0.15) is 0 Å². The molecule has 2 fully saturated rings. The molecule has 17 heavy (non-hydrogen) atoms. The summed E-state index contributed by atoms with van der Waals surface area (Å²) in [6.07, 6.45) is 4.96. The summed E-state index contributed by atoms with van der Waals surface area (Å²) < 4.78 is 0. The van der Waals surface area contributed by atoms with Gasteiger partial charge in [0.2, 0.25) is 5.91 Å². The number of amides is 1. The molecular formula is C13H25N3O. The molecule has 0 aromatic heterocycles. The molecule has 2 heterocycles. The van der Waals surface area contributed by atoms with Crippen molar-refractivity contribution in [1.82, 2.24) is 15.5 Å². The normalized spacial score (nSPS) is 30.4. The van der Waals surface area contributed by atoms with Gasteiger partial charge in [-0.15, -0.1) is 0 Å². The third kappa shape index (κ3) is 3.42. The Morgan fingerprint density at radius 2 is 2.12 bits per heavy atom. The Balaban J connectivity index is 1.65. The molecule has 0 aromatic rings. The molecule has 4 nitrogen and oxygen atoms in total. The quantitative estimate of drug-likeness (QED) is 0.754. The van der Waals surface area contributed by atoms with Crippen molar-refractivity contribution in [3.8, 4) is 0 Å². The van der Waals surface area contributed by atoms with Crippen LogP contribution in [0.5, 0.6) is 0 Å². The first-order chi connectivity index (χ1) is 8.21. The first-order valence-corrected chi connectivity index (χ1v) is 6.92. The van der Waals surface area contributed by atoms with Crippen molar-refractivity contribution in [2.45, 2.75) is 32.6 Å². The van der Waals surface area contributed by atoms with E-state index >= 15 is 0 Å². The topological polar surface area (TPSA) is 44.4 Å². The van der Waals surface area contributed by atoms with Crippen LogP contribution in [0.15, 0.2) is 0 Å². The van der Waals surface area contributed by atoms with E-state index in [9.17, 15) is 4.79 Å². The van der Waals surface area contributed by atoms with E-state index in [1.807, 2.05) is 0 Å². The molecule has 2 aliphatic heterocycles. The molecule has 0 aliphatic carbocycles. The van der Waals surface area contributed by atoms with Crippen molar-refractivity contribution >= 4 is 5.91 Å². The largest absolute Gasteiger partial charge is 0.354 e. The Kier molecular flexibility index (Phi) is 4.40. The lowest BCUT2D eigenvalue weighted by atomic mass is 9.89. The molecule has 0 radical (unpaired) electrons. The Hall–Kier alpha value is -0.610. The van der Waals surface area contributed by atoms with Crippen LogP contribution in [0.1, 0.15) is 32.6 Å². The van der Waals surface area contributed by atoms with Crippen molar-refractivity contribution in [1.29, 1.82) is 0 Å². The first-order valence-electron chi connectivity index (χ1n) is 6.92. The average molecular weight is 239 g/mol. The number of nitrogens with one attached hydrogen (secondary N) is 2. The number of likely N-dealkylation sites (tertiary alicyclic amines) is 1. The molecule has 1 amide bonds. The number of carbonyl (C=O) groups is 1. The zero-order valence-corrected chi connectivity index (χ0v) is 10.9. The van der Waals surface area contributed by atoms with E-state index in [1.54, 1.807) is 0 Å². The van der Waals surface area contributed by atoms with E-state index in [0.717, 1.165) is 32.6 Å². The summed E-state index contributed by atoms with van der Waals surface area (Å²) in [4.78, 5) is 14.5. The third-order valence-electron chi connectivity index (χ3n) is 4.08. The number of nitrogens with zero attached hydrogens (tertiary/aromatic N) is 1. The second-order valence-corrected chi connectivity index (χ2v) is 5.65. The summed E-state index contributed by atoms with van der Waals surface area (Å²) >= 11 is 0. The zero-order chi connectivity index (χ0) is 12.1. The number of piperidine rings is 1. The van der Waals surface area contributed by atoms with Crippen LogP contribution in [0.2, 0.25) is 0 Å². The number of hydrogen-bond acceptors (Lipinski definition) is 3. The summed E-state index contributed by atoms with van der Waals surface area (Å²) in [6.45, 7) is 8.06. The summed E-state index contributed by atoms with van der Waals surface area (Å²) in [5, 5.41) is 6.35. The van der Waals surface area contributed by atoms with Crippen LogP contribution in [0.25, 0.3) is 0 Å². The van der Waals surface area contributed by atoms with Gasteiger partial charge in [0, 0.05) is 19.6 Å². The van der Waals surface area contributed by atoms with Crippen LogP contribution < -0.4 is 10.6 Å². The van der Waals surface area contributed by atoms with Crippen molar-refractivity contribution in [3.63, 3.8) is 0 Å². The maximum Gasteiger partial charge on any atom is 0.227 e. The minimum atomic E-state index is -0.179. The van der Waals surface area contributed by atoms with E-state index in [1.165, 1.54) is 32.4 Å². The lowest BCUT2D eigenvalue weighted by molar-refractivity contribution is -0.129. The zero-order valence-electron chi connectivity index (χ0n) is 10.9. The molecule has 0 bridgehead atoms. The predicted molar refractivity (Wildman–Crippen MR) is 68.9 cm³/mol. The molecule has 98 valence electrons. The van der Waals surface area contributed by atoms with E-state index < -0.39 is 0 Å². The van der Waals surface area contributed by atoms with Gasteiger partial charge in [0.15, 0.2) is 0 Å². The van der Waals surface area contributed by atoms with Gasteiger partial charge in [-0.1, -0.05) is 6.42 Å². The van der Waals surface area contributed by atoms with Gasteiger partial charge in [-0.2, -0.15) is 0 Å². The minimum Gasteiger partial charge on any atom is -0.354 e. The van der Waals surface area contributed by atoms with Crippen molar-refractivity contribution < 1.29 is 4.79 Å². The van der Waals surface area contributed by atoms with E-state index in [2.05, 4.69) is 22.5 Å². The van der Waals surface area contributed by atoms with Crippen molar-refractivity contribution in [2.24, 2.45) is 5.41 Å².